The van der Waals surface area contributed by atoms with Crippen LogP contribution in [0.4, 0.5) is 0 Å². The largest absolute Gasteiger partial charge is 0.479 e. The molecule has 2 rings (SSSR count). The third kappa shape index (κ3) is 2.68. The number of fused-ring (bicyclic) bond motifs is 1. The standard InChI is InChI=1S/C11H12N4O4/c1-6-3-7(2)15-10(13-6)8(4-12-15)11(18)14-19-5-9(16)17/h3-4H,5H2,1-2H3,(H,14,18)(H,16,17). The van der Waals surface area contributed by atoms with Crippen molar-refractivity contribution in [2.45, 2.75) is 13.8 Å². The second-order valence-electron chi connectivity index (χ2n) is 3.95. The highest BCUT2D eigenvalue weighted by molar-refractivity contribution is 5.99. The van der Waals surface area contributed by atoms with Crippen molar-refractivity contribution in [3.8, 4) is 0 Å². The van der Waals surface area contributed by atoms with E-state index in [2.05, 4.69) is 14.9 Å². The number of aliphatic carboxylic acids is 1. The molecule has 19 heavy (non-hydrogen) atoms. The van der Waals surface area contributed by atoms with Crippen molar-refractivity contribution in [1.29, 1.82) is 0 Å². The zero-order valence-corrected chi connectivity index (χ0v) is 10.4. The minimum atomic E-state index is -1.18. The molecule has 8 nitrogen and oxygen atoms in total. The third-order valence-electron chi connectivity index (χ3n) is 2.38. The maximum Gasteiger partial charge on any atom is 0.332 e. The highest BCUT2D eigenvalue weighted by Crippen LogP contribution is 2.11. The number of rotatable bonds is 4. The molecule has 2 aromatic heterocycles. The number of hydrogen-bond donors (Lipinski definition) is 2. The van der Waals surface area contributed by atoms with Gasteiger partial charge in [-0.1, -0.05) is 0 Å². The number of aryl methyl sites for hydroxylation is 2. The van der Waals surface area contributed by atoms with Gasteiger partial charge in [0.05, 0.1) is 6.20 Å². The fourth-order valence-corrected chi connectivity index (χ4v) is 1.65. The fraction of sp³-hybridized carbons (Fsp3) is 0.273. The van der Waals surface area contributed by atoms with E-state index in [4.69, 9.17) is 5.11 Å². The molecule has 1 amide bonds. The van der Waals surface area contributed by atoms with E-state index in [9.17, 15) is 9.59 Å². The Morgan fingerprint density at radius 3 is 2.89 bits per heavy atom. The van der Waals surface area contributed by atoms with Crippen molar-refractivity contribution in [3.05, 3.63) is 29.2 Å². The van der Waals surface area contributed by atoms with Crippen LogP contribution < -0.4 is 5.48 Å². The lowest BCUT2D eigenvalue weighted by atomic mass is 10.3. The molecule has 0 unspecified atom stereocenters. The molecule has 0 saturated carbocycles. The summed E-state index contributed by atoms with van der Waals surface area (Å²) in [5, 5.41) is 12.4. The number of hydroxylamine groups is 1. The molecule has 0 aliphatic rings. The highest BCUT2D eigenvalue weighted by Gasteiger charge is 2.15. The number of nitrogens with one attached hydrogen (secondary N) is 1. The Bertz CT molecular complexity index is 649. The Labute approximate surface area is 108 Å². The van der Waals surface area contributed by atoms with Gasteiger partial charge in [-0.15, -0.1) is 0 Å². The lowest BCUT2D eigenvalue weighted by molar-refractivity contribution is -0.144. The van der Waals surface area contributed by atoms with Gasteiger partial charge >= 0.3 is 5.97 Å². The van der Waals surface area contributed by atoms with Crippen LogP contribution in [0.15, 0.2) is 12.3 Å². The van der Waals surface area contributed by atoms with Crippen molar-refractivity contribution in [3.63, 3.8) is 0 Å². The van der Waals surface area contributed by atoms with Crippen LogP contribution in [0.2, 0.25) is 0 Å². The number of carbonyl (C=O) groups is 2. The Balaban J connectivity index is 2.25. The van der Waals surface area contributed by atoms with Crippen molar-refractivity contribution in [1.82, 2.24) is 20.1 Å². The summed E-state index contributed by atoms with van der Waals surface area (Å²) in [4.78, 5) is 30.8. The van der Waals surface area contributed by atoms with Gasteiger partial charge in [-0.25, -0.2) is 19.8 Å². The van der Waals surface area contributed by atoms with Crippen LogP contribution >= 0.6 is 0 Å². The Kier molecular flexibility index (Phi) is 3.43. The summed E-state index contributed by atoms with van der Waals surface area (Å²) in [6, 6.07) is 1.84. The normalized spacial score (nSPS) is 10.6. The minimum absolute atomic E-state index is 0.220. The van der Waals surface area contributed by atoms with Crippen LogP contribution in [-0.4, -0.2) is 38.2 Å². The highest BCUT2D eigenvalue weighted by atomic mass is 16.7. The van der Waals surface area contributed by atoms with Gasteiger partial charge in [-0.2, -0.15) is 5.10 Å². The molecule has 2 N–H and O–H groups in total. The van der Waals surface area contributed by atoms with Crippen molar-refractivity contribution < 1.29 is 19.5 Å². The maximum atomic E-state index is 11.8. The number of carboxylic acids is 1. The van der Waals surface area contributed by atoms with Crippen LogP contribution in [0.25, 0.3) is 5.65 Å². The van der Waals surface area contributed by atoms with E-state index in [0.29, 0.717) is 5.65 Å². The third-order valence-corrected chi connectivity index (χ3v) is 2.38. The zero-order valence-electron chi connectivity index (χ0n) is 10.4. The second kappa shape index (κ2) is 5.02. The van der Waals surface area contributed by atoms with Gasteiger partial charge < -0.3 is 5.11 Å². The van der Waals surface area contributed by atoms with Crippen molar-refractivity contribution in [2.75, 3.05) is 6.61 Å². The van der Waals surface area contributed by atoms with Gasteiger partial charge in [0, 0.05) is 11.4 Å². The van der Waals surface area contributed by atoms with Crippen molar-refractivity contribution >= 4 is 17.5 Å². The van der Waals surface area contributed by atoms with Gasteiger partial charge in [0.25, 0.3) is 5.91 Å². The van der Waals surface area contributed by atoms with E-state index >= 15 is 0 Å². The van der Waals surface area contributed by atoms with E-state index in [1.54, 1.807) is 0 Å². The predicted octanol–water partition coefficient (Wildman–Crippen LogP) is 0.0921. The number of hydrogen-bond acceptors (Lipinski definition) is 5. The number of carboxylic acid groups (broad SMARTS) is 1. The summed E-state index contributed by atoms with van der Waals surface area (Å²) in [6.07, 6.45) is 1.36. The SMILES string of the molecule is Cc1cc(C)n2ncc(C(=O)NOCC(=O)O)c2n1. The molecular formula is C11H12N4O4. The van der Waals surface area contributed by atoms with Crippen LogP contribution in [0.5, 0.6) is 0 Å². The molecule has 0 saturated heterocycles. The molecule has 2 aromatic rings. The first-order chi connectivity index (χ1) is 8.99. The van der Waals surface area contributed by atoms with Crippen LogP contribution in [-0.2, 0) is 9.63 Å². The Morgan fingerprint density at radius 2 is 2.21 bits per heavy atom. The molecule has 0 aromatic carbocycles. The topological polar surface area (TPSA) is 106 Å². The van der Waals surface area contributed by atoms with Crippen molar-refractivity contribution in [2.24, 2.45) is 0 Å². The first-order valence-corrected chi connectivity index (χ1v) is 5.45. The molecule has 0 aliphatic carbocycles. The Hall–Kier alpha value is -2.48. The van der Waals surface area contributed by atoms with E-state index < -0.39 is 18.5 Å². The Morgan fingerprint density at radius 1 is 1.47 bits per heavy atom. The molecule has 0 bridgehead atoms. The number of carbonyl (C=O) groups excluding carboxylic acids is 1. The second-order valence-corrected chi connectivity index (χ2v) is 3.95. The molecule has 0 fully saturated rings. The van der Waals surface area contributed by atoms with Crippen LogP contribution in [0.3, 0.4) is 0 Å². The smallest absolute Gasteiger partial charge is 0.332 e. The predicted molar refractivity (Wildman–Crippen MR) is 63.5 cm³/mol. The molecular weight excluding hydrogens is 252 g/mol. The van der Waals surface area contributed by atoms with Gasteiger partial charge in [0.15, 0.2) is 12.3 Å². The first kappa shape index (κ1) is 13.0. The molecule has 0 radical (unpaired) electrons. The lowest BCUT2D eigenvalue weighted by Crippen LogP contribution is -2.26. The summed E-state index contributed by atoms with van der Waals surface area (Å²) in [6.45, 7) is 3.04. The van der Waals surface area contributed by atoms with Gasteiger partial charge in [0.2, 0.25) is 0 Å². The van der Waals surface area contributed by atoms with E-state index in [-0.39, 0.29) is 5.56 Å². The maximum absolute atomic E-state index is 11.8. The average molecular weight is 264 g/mol. The van der Waals surface area contributed by atoms with Gasteiger partial charge in [-0.05, 0) is 19.9 Å². The molecule has 0 spiro atoms. The molecule has 0 aliphatic heterocycles. The lowest BCUT2D eigenvalue weighted by Gasteiger charge is -2.03. The zero-order chi connectivity index (χ0) is 14.0. The summed E-state index contributed by atoms with van der Waals surface area (Å²) in [5.41, 5.74) is 4.25. The van der Waals surface area contributed by atoms with Crippen LogP contribution in [0.1, 0.15) is 21.7 Å². The quantitative estimate of drug-likeness (QED) is 0.758. The summed E-state index contributed by atoms with van der Waals surface area (Å²) in [7, 11) is 0. The van der Waals surface area contributed by atoms with Gasteiger partial charge in [-0.3, -0.25) is 9.63 Å². The van der Waals surface area contributed by atoms with Gasteiger partial charge in [0.1, 0.15) is 5.56 Å². The van der Waals surface area contributed by atoms with E-state index in [1.807, 2.05) is 25.4 Å². The van der Waals surface area contributed by atoms with Crippen LogP contribution in [0, 0.1) is 13.8 Å². The molecule has 100 valence electrons. The molecule has 8 heteroatoms. The van der Waals surface area contributed by atoms with E-state index in [1.165, 1.54) is 10.7 Å². The summed E-state index contributed by atoms with van der Waals surface area (Å²) in [5.74, 6) is -1.77. The first-order valence-electron chi connectivity index (χ1n) is 5.45. The number of amides is 1. The van der Waals surface area contributed by atoms with E-state index in [0.717, 1.165) is 11.4 Å². The summed E-state index contributed by atoms with van der Waals surface area (Å²) < 4.78 is 1.53. The molecule has 0 atom stereocenters. The number of nitrogens with zero attached hydrogens (tertiary/aromatic N) is 3. The fourth-order valence-electron chi connectivity index (χ4n) is 1.65. The minimum Gasteiger partial charge on any atom is -0.479 e. The summed E-state index contributed by atoms with van der Waals surface area (Å²) >= 11 is 0. The monoisotopic (exact) mass is 264 g/mol. The average Bonchev–Trinajstić information content (AvgIpc) is 2.72. The molecule has 2 heterocycles. The number of aromatic nitrogens is 3.